The molecule has 2 aromatic rings. The number of hydrogen-bond acceptors (Lipinski definition) is 2. The van der Waals surface area contributed by atoms with Gasteiger partial charge in [-0.3, -0.25) is 9.59 Å². The molecule has 0 heterocycles. The van der Waals surface area contributed by atoms with E-state index in [1.54, 1.807) is 31.3 Å². The Labute approximate surface area is 166 Å². The van der Waals surface area contributed by atoms with Crippen LogP contribution in [0.5, 0.6) is 0 Å². The molecule has 5 nitrogen and oxygen atoms in total. The second-order valence-corrected chi connectivity index (χ2v) is 7.24. The van der Waals surface area contributed by atoms with Gasteiger partial charge in [0.25, 0.3) is 11.8 Å². The maximum atomic E-state index is 13.1. The van der Waals surface area contributed by atoms with Gasteiger partial charge in [0.05, 0.1) is 18.3 Å². The van der Waals surface area contributed by atoms with Gasteiger partial charge in [0.2, 0.25) is 0 Å². The largest absolute Gasteiger partial charge is 0.418 e. The Morgan fingerprint density at radius 3 is 2.31 bits per heavy atom. The first-order valence-corrected chi connectivity index (χ1v) is 9.39. The fourth-order valence-electron chi connectivity index (χ4n) is 3.21. The van der Waals surface area contributed by atoms with Crippen molar-refractivity contribution < 1.29 is 27.7 Å². The van der Waals surface area contributed by atoms with Gasteiger partial charge < -0.3 is 15.5 Å². The number of halogens is 3. The molecular formula is C21H23F3N3O2+. The van der Waals surface area contributed by atoms with Crippen molar-refractivity contribution in [3.8, 4) is 0 Å². The summed E-state index contributed by atoms with van der Waals surface area (Å²) in [5.41, 5.74) is -0.458. The third-order valence-electron chi connectivity index (χ3n) is 4.76. The summed E-state index contributed by atoms with van der Waals surface area (Å²) in [6, 6.07) is 13.4. The van der Waals surface area contributed by atoms with E-state index < -0.39 is 23.7 Å². The van der Waals surface area contributed by atoms with Crippen LogP contribution in [0.4, 0.5) is 18.9 Å². The van der Waals surface area contributed by atoms with Crippen LogP contribution in [0.25, 0.3) is 0 Å². The highest BCUT2D eigenvalue weighted by atomic mass is 19.4. The Morgan fingerprint density at radius 2 is 1.69 bits per heavy atom. The number of quaternary nitrogens is 1. The van der Waals surface area contributed by atoms with E-state index in [0.29, 0.717) is 4.90 Å². The lowest BCUT2D eigenvalue weighted by Crippen LogP contribution is -3.11. The van der Waals surface area contributed by atoms with Gasteiger partial charge in [-0.1, -0.05) is 42.5 Å². The molecule has 0 radical (unpaired) electrons. The van der Waals surface area contributed by atoms with Gasteiger partial charge in [-0.15, -0.1) is 0 Å². The number of likely N-dealkylation sites (N-methyl/N-ethyl adjacent to an activating group) is 1. The van der Waals surface area contributed by atoms with Crippen LogP contribution in [-0.4, -0.2) is 31.4 Å². The smallest absolute Gasteiger partial charge is 0.348 e. The van der Waals surface area contributed by atoms with Crippen molar-refractivity contribution in [3.63, 3.8) is 0 Å². The third-order valence-corrected chi connectivity index (χ3v) is 4.76. The average Bonchev–Trinajstić information content (AvgIpc) is 3.46. The minimum absolute atomic E-state index is 0.161. The van der Waals surface area contributed by atoms with E-state index >= 15 is 0 Å². The molecule has 8 heteroatoms. The number of alkyl halides is 3. The van der Waals surface area contributed by atoms with E-state index in [2.05, 4.69) is 10.6 Å². The van der Waals surface area contributed by atoms with E-state index in [1.165, 1.54) is 18.2 Å². The number of carbonyl (C=O) groups is 2. The average molecular weight is 406 g/mol. The number of para-hydroxylation sites is 1. The molecule has 1 unspecified atom stereocenters. The van der Waals surface area contributed by atoms with Crippen molar-refractivity contribution >= 4 is 17.5 Å². The van der Waals surface area contributed by atoms with E-state index in [4.69, 9.17) is 0 Å². The molecule has 0 spiro atoms. The molecule has 29 heavy (non-hydrogen) atoms. The summed E-state index contributed by atoms with van der Waals surface area (Å²) in [7, 11) is 1.68. The fourth-order valence-corrected chi connectivity index (χ4v) is 3.21. The first kappa shape index (κ1) is 20.9. The lowest BCUT2D eigenvalue weighted by molar-refractivity contribution is -0.894. The summed E-state index contributed by atoms with van der Waals surface area (Å²) in [4.78, 5) is 25.8. The minimum Gasteiger partial charge on any atom is -0.348 e. The zero-order chi connectivity index (χ0) is 21.0. The first-order chi connectivity index (χ1) is 13.8. The number of amides is 2. The fraction of sp³-hybridized carbons (Fsp3) is 0.333. The van der Waals surface area contributed by atoms with Gasteiger partial charge in [0, 0.05) is 11.6 Å². The number of nitrogens with one attached hydrogen (secondary N) is 3. The Hall–Kier alpha value is -2.87. The molecule has 2 aromatic carbocycles. The summed E-state index contributed by atoms with van der Waals surface area (Å²) < 4.78 is 39.4. The molecule has 1 aliphatic carbocycles. The molecule has 0 aliphatic heterocycles. The summed E-state index contributed by atoms with van der Waals surface area (Å²) in [5, 5.41) is 5.28. The molecule has 2 atom stereocenters. The highest BCUT2D eigenvalue weighted by Crippen LogP contribution is 2.34. The van der Waals surface area contributed by atoms with Gasteiger partial charge in [0.15, 0.2) is 12.6 Å². The topological polar surface area (TPSA) is 62.6 Å². The van der Waals surface area contributed by atoms with Crippen molar-refractivity contribution in [1.29, 1.82) is 0 Å². The molecule has 2 amide bonds. The number of rotatable bonds is 7. The van der Waals surface area contributed by atoms with Crippen LogP contribution in [0.15, 0.2) is 54.6 Å². The number of hydrogen-bond donors (Lipinski definition) is 3. The van der Waals surface area contributed by atoms with Gasteiger partial charge >= 0.3 is 6.18 Å². The highest BCUT2D eigenvalue weighted by molar-refractivity contribution is 5.92. The van der Waals surface area contributed by atoms with Crippen molar-refractivity contribution in [2.24, 2.45) is 0 Å². The number of benzene rings is 2. The quantitative estimate of drug-likeness (QED) is 0.660. The molecule has 1 saturated carbocycles. The van der Waals surface area contributed by atoms with Crippen LogP contribution in [-0.2, 0) is 15.8 Å². The normalized spacial score (nSPS) is 16.0. The SMILES string of the molecule is C[NH+](CC(=O)Nc1ccccc1C(F)(F)F)[C@H](C(=O)NC1CC1)c1ccccc1. The first-order valence-electron chi connectivity index (χ1n) is 9.39. The van der Waals surface area contributed by atoms with Gasteiger partial charge in [-0.2, -0.15) is 13.2 Å². The molecule has 0 aromatic heterocycles. The summed E-state index contributed by atoms with van der Waals surface area (Å²) in [6.45, 7) is -0.163. The third kappa shape index (κ3) is 5.57. The monoisotopic (exact) mass is 406 g/mol. The molecule has 0 bridgehead atoms. The number of anilines is 1. The standard InChI is InChI=1S/C21H22F3N3O2/c1-27(13-18(28)26-17-10-6-5-9-16(17)21(22,23)24)19(14-7-3-2-4-8-14)20(29)25-15-11-12-15/h2-10,15,19H,11-13H2,1H3,(H,25,29)(H,26,28)/p+1/t19-/m0/s1. The van der Waals surface area contributed by atoms with Gasteiger partial charge in [0.1, 0.15) is 0 Å². The summed E-state index contributed by atoms with van der Waals surface area (Å²) in [5.74, 6) is -0.793. The molecule has 154 valence electrons. The van der Waals surface area contributed by atoms with Crippen LogP contribution in [0.2, 0.25) is 0 Å². The van der Waals surface area contributed by atoms with Crippen LogP contribution in [0, 0.1) is 0 Å². The van der Waals surface area contributed by atoms with Gasteiger partial charge in [-0.25, -0.2) is 0 Å². The van der Waals surface area contributed by atoms with Crippen molar-refractivity contribution in [3.05, 3.63) is 65.7 Å². The van der Waals surface area contributed by atoms with Crippen molar-refractivity contribution in [2.45, 2.75) is 31.1 Å². The Bertz CT molecular complexity index is 867. The zero-order valence-corrected chi connectivity index (χ0v) is 15.9. The van der Waals surface area contributed by atoms with E-state index in [9.17, 15) is 22.8 Å². The minimum atomic E-state index is -4.57. The van der Waals surface area contributed by atoms with Crippen LogP contribution < -0.4 is 15.5 Å². The Balaban J connectivity index is 1.73. The maximum absolute atomic E-state index is 13.1. The highest BCUT2D eigenvalue weighted by Gasteiger charge is 2.36. The van der Waals surface area contributed by atoms with E-state index in [-0.39, 0.29) is 24.2 Å². The second kappa shape index (κ2) is 8.65. The maximum Gasteiger partial charge on any atom is 0.418 e. The molecule has 3 rings (SSSR count). The molecule has 1 aliphatic rings. The van der Waals surface area contributed by atoms with E-state index in [0.717, 1.165) is 24.5 Å². The van der Waals surface area contributed by atoms with Crippen molar-refractivity contribution in [2.75, 3.05) is 18.9 Å². The Kier molecular flexibility index (Phi) is 6.22. The van der Waals surface area contributed by atoms with Crippen LogP contribution in [0.3, 0.4) is 0 Å². The summed E-state index contributed by atoms with van der Waals surface area (Å²) in [6.07, 6.45) is -2.71. The molecule has 0 saturated heterocycles. The molecule has 3 N–H and O–H groups in total. The predicted molar refractivity (Wildman–Crippen MR) is 102 cm³/mol. The van der Waals surface area contributed by atoms with Crippen LogP contribution >= 0.6 is 0 Å². The van der Waals surface area contributed by atoms with E-state index in [1.807, 2.05) is 6.07 Å². The van der Waals surface area contributed by atoms with Crippen molar-refractivity contribution in [1.82, 2.24) is 5.32 Å². The van der Waals surface area contributed by atoms with Gasteiger partial charge in [-0.05, 0) is 25.0 Å². The Morgan fingerprint density at radius 1 is 1.07 bits per heavy atom. The predicted octanol–water partition coefficient (Wildman–Crippen LogP) is 2.18. The zero-order valence-electron chi connectivity index (χ0n) is 15.9. The number of carbonyl (C=O) groups excluding carboxylic acids is 2. The second-order valence-electron chi connectivity index (χ2n) is 7.24. The molecule has 1 fully saturated rings. The van der Waals surface area contributed by atoms with Crippen LogP contribution in [0.1, 0.15) is 30.0 Å². The lowest BCUT2D eigenvalue weighted by atomic mass is 10.0. The lowest BCUT2D eigenvalue weighted by Gasteiger charge is -2.24. The molecular weight excluding hydrogens is 383 g/mol. The summed E-state index contributed by atoms with van der Waals surface area (Å²) >= 11 is 0.